The van der Waals surface area contributed by atoms with Crippen LogP contribution in [0.5, 0.6) is 0 Å². The van der Waals surface area contributed by atoms with Gasteiger partial charge in [0.2, 0.25) is 10.0 Å². The molecule has 134 valence electrons. The molecule has 1 aromatic carbocycles. The highest BCUT2D eigenvalue weighted by Gasteiger charge is 2.26. The molecule has 0 saturated carbocycles. The molecular weight excluding hydrogens is 368 g/mol. The van der Waals surface area contributed by atoms with Crippen molar-refractivity contribution in [3.8, 4) is 11.3 Å². The molecule has 2 aromatic heterocycles. The zero-order valence-corrected chi connectivity index (χ0v) is 16.1. The number of sulfonamides is 1. The Kier molecular flexibility index (Phi) is 4.16. The van der Waals surface area contributed by atoms with Crippen LogP contribution in [0.3, 0.4) is 0 Å². The molecule has 0 atom stereocenters. The average Bonchev–Trinajstić information content (AvgIpc) is 3.19. The Balaban J connectivity index is 1.73. The Morgan fingerprint density at radius 2 is 2.08 bits per heavy atom. The summed E-state index contributed by atoms with van der Waals surface area (Å²) in [6, 6.07) is 11.6. The van der Waals surface area contributed by atoms with Crippen molar-refractivity contribution in [1.82, 2.24) is 9.55 Å². The van der Waals surface area contributed by atoms with Crippen LogP contribution in [0, 0.1) is 0 Å². The van der Waals surface area contributed by atoms with Gasteiger partial charge in [0.25, 0.3) is 0 Å². The van der Waals surface area contributed by atoms with E-state index in [9.17, 15) is 8.42 Å². The zero-order chi connectivity index (χ0) is 18.3. The summed E-state index contributed by atoms with van der Waals surface area (Å²) in [6.45, 7) is 0.508. The Morgan fingerprint density at radius 3 is 2.81 bits per heavy atom. The molecule has 0 spiro atoms. The Morgan fingerprint density at radius 1 is 1.23 bits per heavy atom. The molecule has 0 N–H and O–H groups in total. The fraction of sp³-hybridized carbons (Fsp3) is 0.222. The van der Waals surface area contributed by atoms with E-state index in [0.29, 0.717) is 12.4 Å². The maximum absolute atomic E-state index is 11.9. The lowest BCUT2D eigenvalue weighted by Gasteiger charge is -2.16. The molecule has 0 unspecified atom stereocenters. The number of nitrogens with zero attached hydrogens (tertiary/aromatic N) is 4. The largest absolute Gasteiger partial charge is 0.320 e. The minimum atomic E-state index is -3.22. The summed E-state index contributed by atoms with van der Waals surface area (Å²) in [6.07, 6.45) is 3.71. The van der Waals surface area contributed by atoms with Gasteiger partial charge in [-0.2, -0.15) is 0 Å². The molecule has 3 aromatic rings. The van der Waals surface area contributed by atoms with Crippen molar-refractivity contribution in [2.45, 2.75) is 6.42 Å². The summed E-state index contributed by atoms with van der Waals surface area (Å²) < 4.78 is 27.3. The zero-order valence-electron chi connectivity index (χ0n) is 14.5. The van der Waals surface area contributed by atoms with Crippen LogP contribution in [0.1, 0.15) is 5.56 Å². The lowest BCUT2D eigenvalue weighted by Crippen LogP contribution is -2.27. The minimum absolute atomic E-state index is 0.508. The van der Waals surface area contributed by atoms with E-state index in [2.05, 4.69) is 21.4 Å². The molecule has 6 nitrogen and oxygen atoms in total. The van der Waals surface area contributed by atoms with Crippen LogP contribution in [0.15, 0.2) is 53.0 Å². The molecule has 0 radical (unpaired) electrons. The minimum Gasteiger partial charge on any atom is -0.320 e. The third kappa shape index (κ3) is 3.06. The molecular formula is C18H18N4O2S2. The number of rotatable bonds is 3. The Bertz CT molecular complexity index is 1130. The fourth-order valence-electron chi connectivity index (χ4n) is 3.13. The summed E-state index contributed by atoms with van der Waals surface area (Å²) in [4.78, 5) is 9.68. The third-order valence-electron chi connectivity index (χ3n) is 4.41. The van der Waals surface area contributed by atoms with Crippen LogP contribution in [-0.4, -0.2) is 30.8 Å². The first-order chi connectivity index (χ1) is 12.4. The second kappa shape index (κ2) is 6.37. The lowest BCUT2D eigenvalue weighted by molar-refractivity contribution is 0.598. The summed E-state index contributed by atoms with van der Waals surface area (Å²) in [5.74, 6) is 0.675. The highest BCUT2D eigenvalue weighted by molar-refractivity contribution is 7.92. The number of hydrogen-bond donors (Lipinski definition) is 0. The second-order valence-electron chi connectivity index (χ2n) is 6.19. The maximum Gasteiger partial charge on any atom is 0.232 e. The second-order valence-corrected chi connectivity index (χ2v) is 8.93. The van der Waals surface area contributed by atoms with Gasteiger partial charge in [-0.1, -0.05) is 12.1 Å². The molecule has 0 saturated heterocycles. The Hall–Kier alpha value is -2.45. The SMILES string of the molecule is Cn1c(-c2ccc3c(c2)CCN3S(C)(=O)=O)csc1=Nc1ccccn1. The normalized spacial score (nSPS) is 14.7. The molecule has 3 heterocycles. The van der Waals surface area contributed by atoms with Gasteiger partial charge in [-0.25, -0.2) is 18.4 Å². The van der Waals surface area contributed by atoms with Crippen molar-refractivity contribution < 1.29 is 8.42 Å². The predicted octanol–water partition coefficient (Wildman–Crippen LogP) is 2.70. The third-order valence-corrected chi connectivity index (χ3v) is 6.51. The first-order valence-electron chi connectivity index (χ1n) is 8.15. The van der Waals surface area contributed by atoms with E-state index in [1.165, 1.54) is 10.6 Å². The quantitative estimate of drug-likeness (QED) is 0.695. The number of hydrogen-bond acceptors (Lipinski definition) is 5. The first-order valence-corrected chi connectivity index (χ1v) is 10.9. The highest BCUT2D eigenvalue weighted by Crippen LogP contribution is 2.33. The monoisotopic (exact) mass is 386 g/mol. The van der Waals surface area contributed by atoms with Crippen molar-refractivity contribution in [2.24, 2.45) is 12.0 Å². The van der Waals surface area contributed by atoms with Crippen LogP contribution in [0.4, 0.5) is 11.5 Å². The number of thiazole rings is 1. The van der Waals surface area contributed by atoms with E-state index in [-0.39, 0.29) is 0 Å². The smallest absolute Gasteiger partial charge is 0.232 e. The van der Waals surface area contributed by atoms with Crippen molar-refractivity contribution in [3.05, 3.63) is 58.3 Å². The van der Waals surface area contributed by atoms with Gasteiger partial charge in [-0.3, -0.25) is 4.31 Å². The number of aromatic nitrogens is 2. The van der Waals surface area contributed by atoms with Gasteiger partial charge in [0.05, 0.1) is 17.6 Å². The van der Waals surface area contributed by atoms with Crippen molar-refractivity contribution in [3.63, 3.8) is 0 Å². The van der Waals surface area contributed by atoms with Crippen LogP contribution in [0.25, 0.3) is 11.3 Å². The summed E-state index contributed by atoms with van der Waals surface area (Å²) in [7, 11) is -1.25. The van der Waals surface area contributed by atoms with E-state index in [1.54, 1.807) is 17.5 Å². The molecule has 0 aliphatic carbocycles. The van der Waals surface area contributed by atoms with E-state index >= 15 is 0 Å². The number of fused-ring (bicyclic) bond motifs is 1. The van der Waals surface area contributed by atoms with Gasteiger partial charge in [-0.05, 0) is 41.8 Å². The molecule has 1 aliphatic rings. The van der Waals surface area contributed by atoms with Crippen molar-refractivity contribution in [2.75, 3.05) is 17.1 Å². The van der Waals surface area contributed by atoms with Crippen LogP contribution >= 0.6 is 11.3 Å². The number of benzene rings is 1. The first kappa shape index (κ1) is 17.0. The number of pyridine rings is 1. The molecule has 8 heteroatoms. The van der Waals surface area contributed by atoms with Crippen LogP contribution < -0.4 is 9.11 Å². The summed E-state index contributed by atoms with van der Waals surface area (Å²) in [5.41, 5.74) is 3.94. The van der Waals surface area contributed by atoms with Gasteiger partial charge in [0.1, 0.15) is 0 Å². The van der Waals surface area contributed by atoms with E-state index in [4.69, 9.17) is 0 Å². The molecule has 26 heavy (non-hydrogen) atoms. The highest BCUT2D eigenvalue weighted by atomic mass is 32.2. The predicted molar refractivity (Wildman–Crippen MR) is 104 cm³/mol. The van der Waals surface area contributed by atoms with Crippen LogP contribution in [0.2, 0.25) is 0 Å². The van der Waals surface area contributed by atoms with Gasteiger partial charge in [-0.15, -0.1) is 11.3 Å². The molecule has 0 fully saturated rings. The lowest BCUT2D eigenvalue weighted by atomic mass is 10.1. The molecule has 0 amide bonds. The summed E-state index contributed by atoms with van der Waals surface area (Å²) >= 11 is 1.55. The van der Waals surface area contributed by atoms with Crippen molar-refractivity contribution >= 4 is 32.9 Å². The average molecular weight is 387 g/mol. The van der Waals surface area contributed by atoms with Gasteiger partial charge < -0.3 is 4.57 Å². The van der Waals surface area contributed by atoms with E-state index in [0.717, 1.165) is 33.7 Å². The van der Waals surface area contributed by atoms with Gasteiger partial charge in [0.15, 0.2) is 10.6 Å². The fourth-order valence-corrected chi connectivity index (χ4v) is 5.00. The maximum atomic E-state index is 11.9. The van der Waals surface area contributed by atoms with E-state index in [1.807, 2.05) is 41.9 Å². The van der Waals surface area contributed by atoms with Gasteiger partial charge >= 0.3 is 0 Å². The Labute approximate surface area is 156 Å². The molecule has 1 aliphatic heterocycles. The standard InChI is InChI=1S/C18H18N4O2S2/c1-21-16(12-25-18(21)20-17-5-3-4-9-19-17)13-6-7-15-14(11-13)8-10-22(15)26(2,23)24/h3-7,9,11-12H,8,10H2,1-2H3. The molecule has 0 bridgehead atoms. The molecule has 4 rings (SSSR count). The topological polar surface area (TPSA) is 67.6 Å². The van der Waals surface area contributed by atoms with Crippen molar-refractivity contribution in [1.29, 1.82) is 0 Å². The van der Waals surface area contributed by atoms with Crippen LogP contribution in [-0.2, 0) is 23.5 Å². The van der Waals surface area contributed by atoms with E-state index < -0.39 is 10.0 Å². The summed E-state index contributed by atoms with van der Waals surface area (Å²) in [5, 5.41) is 2.06. The number of anilines is 1. The van der Waals surface area contributed by atoms with Gasteiger partial charge in [0, 0.05) is 25.2 Å².